The number of carbonyl (C=O) groups excluding carboxylic acids is 1. The van der Waals surface area contributed by atoms with E-state index in [1.807, 2.05) is 17.8 Å². The van der Waals surface area contributed by atoms with Gasteiger partial charge in [0.15, 0.2) is 0 Å². The van der Waals surface area contributed by atoms with Crippen LogP contribution < -0.4 is 0 Å². The average Bonchev–Trinajstić information content (AvgIpc) is 2.25. The summed E-state index contributed by atoms with van der Waals surface area (Å²) in [7, 11) is 0. The van der Waals surface area contributed by atoms with Crippen molar-refractivity contribution in [3.63, 3.8) is 0 Å². The van der Waals surface area contributed by atoms with E-state index in [4.69, 9.17) is 4.74 Å². The maximum Gasteiger partial charge on any atom is 0.306 e. The zero-order valence-corrected chi connectivity index (χ0v) is 10.1. The fraction of sp³-hybridized carbons (Fsp3) is 0.583. The van der Waals surface area contributed by atoms with E-state index in [1.165, 1.54) is 0 Å². The summed E-state index contributed by atoms with van der Waals surface area (Å²) in [5.41, 5.74) is 0. The summed E-state index contributed by atoms with van der Waals surface area (Å²) in [6.45, 7) is 7.73. The summed E-state index contributed by atoms with van der Waals surface area (Å²) in [5.74, 6) is 1.87. The average molecular weight is 228 g/mol. The maximum absolute atomic E-state index is 11.0. The Morgan fingerprint density at radius 1 is 1.20 bits per heavy atom. The van der Waals surface area contributed by atoms with Gasteiger partial charge in [0.25, 0.3) is 0 Å². The Hall–Kier alpha value is -0.700. The Bertz CT molecular complexity index is 190. The van der Waals surface area contributed by atoms with E-state index in [0.29, 0.717) is 19.4 Å². The zero-order valence-electron chi connectivity index (χ0n) is 9.24. The number of hydrogen-bond donors (Lipinski definition) is 0. The summed E-state index contributed by atoms with van der Waals surface area (Å²) in [6.07, 6.45) is 7.02. The number of ether oxygens (including phenoxy) is 1. The predicted octanol–water partition coefficient (Wildman–Crippen LogP) is 3.20. The van der Waals surface area contributed by atoms with Gasteiger partial charge in [-0.15, -0.1) is 13.2 Å². The van der Waals surface area contributed by atoms with Crippen molar-refractivity contribution in [1.82, 2.24) is 0 Å². The molecular weight excluding hydrogens is 208 g/mol. The lowest BCUT2D eigenvalue weighted by Gasteiger charge is -2.03. The van der Waals surface area contributed by atoms with Crippen molar-refractivity contribution >= 4 is 17.7 Å². The number of thioether (sulfide) groups is 1. The van der Waals surface area contributed by atoms with Crippen LogP contribution in [-0.4, -0.2) is 24.1 Å². The van der Waals surface area contributed by atoms with Gasteiger partial charge < -0.3 is 4.74 Å². The van der Waals surface area contributed by atoms with Crippen LogP contribution in [0.4, 0.5) is 0 Å². The first-order valence-electron chi connectivity index (χ1n) is 5.26. The second kappa shape index (κ2) is 11.4. The standard InChI is InChI=1S/C12H20O2S/c1-3-5-7-10-15-11-9-14-12(13)8-6-4-2/h3-4H,1-2,5-11H2. The maximum atomic E-state index is 11.0. The quantitative estimate of drug-likeness (QED) is 0.326. The smallest absolute Gasteiger partial charge is 0.306 e. The van der Waals surface area contributed by atoms with E-state index in [1.54, 1.807) is 6.08 Å². The third-order valence-corrected chi connectivity index (χ3v) is 2.77. The van der Waals surface area contributed by atoms with E-state index < -0.39 is 0 Å². The van der Waals surface area contributed by atoms with Crippen LogP contribution in [0.25, 0.3) is 0 Å². The van der Waals surface area contributed by atoms with Crippen LogP contribution in [0, 0.1) is 0 Å². The number of carbonyl (C=O) groups is 1. The van der Waals surface area contributed by atoms with Gasteiger partial charge in [-0.05, 0) is 25.0 Å². The number of hydrogen-bond acceptors (Lipinski definition) is 3. The van der Waals surface area contributed by atoms with E-state index in [2.05, 4.69) is 13.2 Å². The van der Waals surface area contributed by atoms with Crippen molar-refractivity contribution < 1.29 is 9.53 Å². The fourth-order valence-corrected chi connectivity index (χ4v) is 1.71. The van der Waals surface area contributed by atoms with Crippen molar-refractivity contribution in [2.24, 2.45) is 0 Å². The molecule has 86 valence electrons. The van der Waals surface area contributed by atoms with Crippen LogP contribution in [0.3, 0.4) is 0 Å². The Labute approximate surface area is 96.8 Å². The van der Waals surface area contributed by atoms with Gasteiger partial charge in [-0.2, -0.15) is 11.8 Å². The van der Waals surface area contributed by atoms with Gasteiger partial charge in [0.2, 0.25) is 0 Å². The van der Waals surface area contributed by atoms with Crippen LogP contribution in [0.2, 0.25) is 0 Å². The first kappa shape index (κ1) is 14.3. The van der Waals surface area contributed by atoms with Crippen molar-refractivity contribution in [1.29, 1.82) is 0 Å². The molecule has 0 atom stereocenters. The van der Waals surface area contributed by atoms with Crippen molar-refractivity contribution in [3.8, 4) is 0 Å². The molecule has 0 saturated carbocycles. The summed E-state index contributed by atoms with van der Waals surface area (Å²) in [5, 5.41) is 0. The molecule has 3 heteroatoms. The molecule has 0 saturated heterocycles. The van der Waals surface area contributed by atoms with Gasteiger partial charge in [0, 0.05) is 12.2 Å². The first-order valence-corrected chi connectivity index (χ1v) is 6.42. The molecule has 0 bridgehead atoms. The van der Waals surface area contributed by atoms with Crippen LogP contribution in [0.5, 0.6) is 0 Å². The molecule has 0 N–H and O–H groups in total. The highest BCUT2D eigenvalue weighted by molar-refractivity contribution is 7.99. The third-order valence-electron chi connectivity index (χ3n) is 1.74. The predicted molar refractivity (Wildman–Crippen MR) is 67.1 cm³/mol. The van der Waals surface area contributed by atoms with Crippen molar-refractivity contribution in [2.75, 3.05) is 18.1 Å². The first-order chi connectivity index (χ1) is 7.31. The molecule has 0 fully saturated rings. The lowest BCUT2D eigenvalue weighted by molar-refractivity contribution is -0.142. The molecular formula is C12H20O2S. The van der Waals surface area contributed by atoms with Crippen LogP contribution in [-0.2, 0) is 9.53 Å². The largest absolute Gasteiger partial charge is 0.465 e. The Balaban J connectivity index is 3.12. The molecule has 0 heterocycles. The molecule has 0 aromatic carbocycles. The Morgan fingerprint density at radius 2 is 1.93 bits per heavy atom. The number of rotatable bonds is 10. The van der Waals surface area contributed by atoms with Crippen LogP contribution in [0.1, 0.15) is 25.7 Å². The SMILES string of the molecule is C=CCCCSCCOC(=O)CCC=C. The molecule has 0 unspecified atom stereocenters. The van der Waals surface area contributed by atoms with Gasteiger partial charge in [0.1, 0.15) is 6.61 Å². The van der Waals surface area contributed by atoms with Crippen molar-refractivity contribution in [2.45, 2.75) is 25.7 Å². The van der Waals surface area contributed by atoms with Crippen LogP contribution in [0.15, 0.2) is 25.3 Å². The fourth-order valence-electron chi connectivity index (χ4n) is 0.938. The van der Waals surface area contributed by atoms with Gasteiger partial charge in [-0.3, -0.25) is 4.79 Å². The van der Waals surface area contributed by atoms with E-state index in [9.17, 15) is 4.79 Å². The number of allylic oxidation sites excluding steroid dienone is 2. The number of esters is 1. The molecule has 0 amide bonds. The van der Waals surface area contributed by atoms with Crippen molar-refractivity contribution in [3.05, 3.63) is 25.3 Å². The highest BCUT2D eigenvalue weighted by Crippen LogP contribution is 2.05. The molecule has 15 heavy (non-hydrogen) atoms. The molecule has 2 nitrogen and oxygen atoms in total. The van der Waals surface area contributed by atoms with E-state index in [-0.39, 0.29) is 5.97 Å². The lowest BCUT2D eigenvalue weighted by Crippen LogP contribution is -2.06. The normalized spacial score (nSPS) is 9.60. The monoisotopic (exact) mass is 228 g/mol. The Kier molecular flexibility index (Phi) is 10.8. The topological polar surface area (TPSA) is 26.3 Å². The molecule has 0 radical (unpaired) electrons. The molecule has 0 aliphatic heterocycles. The van der Waals surface area contributed by atoms with Gasteiger partial charge in [-0.1, -0.05) is 12.2 Å². The minimum atomic E-state index is -0.124. The minimum Gasteiger partial charge on any atom is -0.465 e. The summed E-state index contributed by atoms with van der Waals surface area (Å²) in [4.78, 5) is 11.0. The Morgan fingerprint density at radius 3 is 2.60 bits per heavy atom. The van der Waals surface area contributed by atoms with Gasteiger partial charge in [0.05, 0.1) is 0 Å². The second-order valence-corrected chi connectivity index (χ2v) is 4.32. The summed E-state index contributed by atoms with van der Waals surface area (Å²) in [6, 6.07) is 0. The van der Waals surface area contributed by atoms with Gasteiger partial charge >= 0.3 is 5.97 Å². The summed E-state index contributed by atoms with van der Waals surface area (Å²) < 4.78 is 5.02. The van der Waals surface area contributed by atoms with Gasteiger partial charge in [-0.25, -0.2) is 0 Å². The zero-order chi connectivity index (χ0) is 11.4. The lowest BCUT2D eigenvalue weighted by atomic mass is 10.3. The number of unbranched alkanes of at least 4 members (excludes halogenated alkanes) is 1. The molecule has 0 aliphatic carbocycles. The third kappa shape index (κ3) is 11.2. The van der Waals surface area contributed by atoms with Crippen LogP contribution >= 0.6 is 11.8 Å². The second-order valence-electron chi connectivity index (χ2n) is 3.09. The highest BCUT2D eigenvalue weighted by atomic mass is 32.2. The summed E-state index contributed by atoms with van der Waals surface area (Å²) >= 11 is 1.81. The molecule has 0 aliphatic rings. The minimum absolute atomic E-state index is 0.124. The van der Waals surface area contributed by atoms with E-state index in [0.717, 1.165) is 24.3 Å². The highest BCUT2D eigenvalue weighted by Gasteiger charge is 1.99. The molecule has 0 spiro atoms. The molecule has 0 aromatic rings. The van der Waals surface area contributed by atoms with E-state index >= 15 is 0 Å². The molecule has 0 rings (SSSR count). The molecule has 0 aromatic heterocycles.